The second-order valence-electron chi connectivity index (χ2n) is 8.89. The number of nitrogens with zero attached hydrogens (tertiary/aromatic N) is 2. The van der Waals surface area contributed by atoms with Crippen molar-refractivity contribution in [2.75, 3.05) is 50.1 Å². The van der Waals surface area contributed by atoms with E-state index in [4.69, 9.17) is 4.74 Å². The van der Waals surface area contributed by atoms with Crippen molar-refractivity contribution in [2.45, 2.75) is 43.8 Å². The van der Waals surface area contributed by atoms with E-state index >= 15 is 0 Å². The van der Waals surface area contributed by atoms with Gasteiger partial charge in [0.1, 0.15) is 5.70 Å². The number of carbonyl (C=O) groups is 2. The van der Waals surface area contributed by atoms with Crippen molar-refractivity contribution in [3.05, 3.63) is 29.5 Å². The first-order chi connectivity index (χ1) is 15.6. The summed E-state index contributed by atoms with van der Waals surface area (Å²) in [6, 6.07) is 5.09. The lowest BCUT2D eigenvalue weighted by molar-refractivity contribution is -0.136. The number of hydrogen-bond acceptors (Lipinski definition) is 8. The summed E-state index contributed by atoms with van der Waals surface area (Å²) in [7, 11) is -2.46. The van der Waals surface area contributed by atoms with Gasteiger partial charge in [-0.15, -0.1) is 0 Å². The molecule has 1 aromatic carbocycles. The summed E-state index contributed by atoms with van der Waals surface area (Å²) in [4.78, 5) is 28.9. The van der Waals surface area contributed by atoms with Crippen molar-refractivity contribution >= 4 is 33.1 Å². The molecule has 2 N–H and O–H groups in total. The fraction of sp³-hybridized carbons (Fsp3) is 0.565. The highest BCUT2D eigenvalue weighted by Crippen LogP contribution is 2.34. The predicted octanol–water partition coefficient (Wildman–Crippen LogP) is 1.78. The van der Waals surface area contributed by atoms with Gasteiger partial charge in [0.2, 0.25) is 0 Å². The Morgan fingerprint density at radius 2 is 2.06 bits per heavy atom. The highest BCUT2D eigenvalue weighted by Gasteiger charge is 2.36. The molecule has 0 aliphatic carbocycles. The molecule has 0 aromatic heterocycles. The summed E-state index contributed by atoms with van der Waals surface area (Å²) in [6.45, 7) is 6.86. The van der Waals surface area contributed by atoms with Crippen LogP contribution in [0.25, 0.3) is 0 Å². The number of β-amino-alcohol motifs (C(OH)–C–C–N with tert-alkyl or cyclic N) is 1. The zero-order valence-corrected chi connectivity index (χ0v) is 20.4. The molecular weight excluding hydrogens is 446 g/mol. The van der Waals surface area contributed by atoms with Crippen molar-refractivity contribution in [1.82, 2.24) is 4.90 Å². The standard InChI is InChI=1S/C23H33N3O6S/c1-15(2)33(30,31)20-8-7-17(25-9-5-6-16(3)13-25)12-19(20)24-21-18(23(29)32-4)14-26(10-11-27)22(21)28/h7-8,12,15-16,24,27H,5-6,9-11,13-14H2,1-4H3. The fourth-order valence-corrected chi connectivity index (χ4v) is 5.40. The molecule has 3 rings (SSSR count). The Hall–Kier alpha value is -2.59. The summed E-state index contributed by atoms with van der Waals surface area (Å²) < 4.78 is 31.0. The van der Waals surface area contributed by atoms with Crippen LogP contribution in [0.3, 0.4) is 0 Å². The van der Waals surface area contributed by atoms with Crippen molar-refractivity contribution in [3.8, 4) is 0 Å². The van der Waals surface area contributed by atoms with Crippen LogP contribution >= 0.6 is 0 Å². The lowest BCUT2D eigenvalue weighted by atomic mass is 10.00. The van der Waals surface area contributed by atoms with Gasteiger partial charge >= 0.3 is 5.97 Å². The second-order valence-corrected chi connectivity index (χ2v) is 11.4. The first-order valence-electron chi connectivity index (χ1n) is 11.2. The number of carbonyl (C=O) groups excluding carboxylic acids is 2. The number of sulfone groups is 1. The van der Waals surface area contributed by atoms with Crippen molar-refractivity contribution in [3.63, 3.8) is 0 Å². The van der Waals surface area contributed by atoms with E-state index in [-0.39, 0.29) is 41.5 Å². The number of amides is 1. The van der Waals surface area contributed by atoms with Gasteiger partial charge in [0.05, 0.1) is 41.7 Å². The van der Waals surface area contributed by atoms with Gasteiger partial charge in [0.15, 0.2) is 9.84 Å². The second kappa shape index (κ2) is 10.1. The summed E-state index contributed by atoms with van der Waals surface area (Å²) in [6.07, 6.45) is 2.19. The molecule has 10 heteroatoms. The predicted molar refractivity (Wildman–Crippen MR) is 126 cm³/mol. The number of ether oxygens (including phenoxy) is 1. The van der Waals surface area contributed by atoms with Crippen LogP contribution in [0.1, 0.15) is 33.6 Å². The molecule has 33 heavy (non-hydrogen) atoms. The van der Waals surface area contributed by atoms with Gasteiger partial charge in [0, 0.05) is 25.3 Å². The molecule has 1 fully saturated rings. The molecule has 182 valence electrons. The number of anilines is 2. The van der Waals surface area contributed by atoms with Crippen LogP contribution < -0.4 is 10.2 Å². The average Bonchev–Trinajstić information content (AvgIpc) is 3.08. The Morgan fingerprint density at radius 1 is 1.33 bits per heavy atom. The zero-order valence-electron chi connectivity index (χ0n) is 19.6. The third-order valence-corrected chi connectivity index (χ3v) is 8.34. The van der Waals surface area contributed by atoms with Crippen LogP contribution in [-0.4, -0.2) is 75.4 Å². The number of hydrogen-bond donors (Lipinski definition) is 2. The van der Waals surface area contributed by atoms with E-state index in [1.54, 1.807) is 32.0 Å². The van der Waals surface area contributed by atoms with Gasteiger partial charge < -0.3 is 25.0 Å². The SMILES string of the molecule is COC(=O)C1=C(Nc2cc(N3CCCC(C)C3)ccc2S(=O)(=O)C(C)C)C(=O)N(CCO)C1. The molecule has 1 unspecified atom stereocenters. The van der Waals surface area contributed by atoms with Gasteiger partial charge in [-0.2, -0.15) is 0 Å². The van der Waals surface area contributed by atoms with E-state index in [1.165, 1.54) is 12.0 Å². The quantitative estimate of drug-likeness (QED) is 0.542. The molecule has 1 aromatic rings. The lowest BCUT2D eigenvalue weighted by Crippen LogP contribution is -2.34. The molecule has 2 aliphatic heterocycles. The van der Waals surface area contributed by atoms with Crippen LogP contribution in [0, 0.1) is 5.92 Å². The summed E-state index contributed by atoms with van der Waals surface area (Å²) >= 11 is 0. The molecule has 2 aliphatic rings. The molecule has 0 radical (unpaired) electrons. The van der Waals surface area contributed by atoms with Crippen LogP contribution in [0.5, 0.6) is 0 Å². The third kappa shape index (κ3) is 5.16. The lowest BCUT2D eigenvalue weighted by Gasteiger charge is -2.33. The smallest absolute Gasteiger partial charge is 0.337 e. The number of rotatable bonds is 8. The molecule has 0 bridgehead atoms. The van der Waals surface area contributed by atoms with Crippen molar-refractivity contribution in [1.29, 1.82) is 0 Å². The minimum atomic E-state index is -3.68. The minimum Gasteiger partial charge on any atom is -0.466 e. The fourth-order valence-electron chi connectivity index (χ4n) is 4.22. The molecule has 0 spiro atoms. The molecular formula is C23H33N3O6S. The van der Waals surface area contributed by atoms with E-state index in [0.717, 1.165) is 31.6 Å². The highest BCUT2D eigenvalue weighted by atomic mass is 32.2. The number of methoxy groups -OCH3 is 1. The number of aliphatic hydroxyl groups is 1. The Bertz CT molecular complexity index is 1050. The number of benzene rings is 1. The van der Waals surface area contributed by atoms with Gasteiger partial charge in [0.25, 0.3) is 5.91 Å². The van der Waals surface area contributed by atoms with E-state index in [2.05, 4.69) is 17.1 Å². The summed E-state index contributed by atoms with van der Waals surface area (Å²) in [5.41, 5.74) is 1.17. The third-order valence-electron chi connectivity index (χ3n) is 6.13. The molecule has 1 amide bonds. The van der Waals surface area contributed by atoms with Crippen LogP contribution in [0.2, 0.25) is 0 Å². The first-order valence-corrected chi connectivity index (χ1v) is 12.8. The molecule has 0 saturated carbocycles. The Labute approximate surface area is 195 Å². The summed E-state index contributed by atoms with van der Waals surface area (Å²) in [5.74, 6) is -0.652. The van der Waals surface area contributed by atoms with Crippen LogP contribution in [0.4, 0.5) is 11.4 Å². The van der Waals surface area contributed by atoms with Gasteiger partial charge in [-0.25, -0.2) is 13.2 Å². The monoisotopic (exact) mass is 479 g/mol. The Balaban J connectivity index is 2.09. The van der Waals surface area contributed by atoms with Gasteiger partial charge in [-0.1, -0.05) is 6.92 Å². The van der Waals surface area contributed by atoms with Crippen molar-refractivity contribution in [2.24, 2.45) is 5.92 Å². The topological polar surface area (TPSA) is 116 Å². The van der Waals surface area contributed by atoms with Gasteiger partial charge in [-0.05, 0) is 50.8 Å². The zero-order chi connectivity index (χ0) is 24.3. The number of nitrogens with one attached hydrogen (secondary N) is 1. The number of aliphatic hydroxyl groups excluding tert-OH is 1. The molecule has 1 atom stereocenters. The minimum absolute atomic E-state index is 0.0238. The van der Waals surface area contributed by atoms with Crippen molar-refractivity contribution < 1.29 is 27.9 Å². The summed E-state index contributed by atoms with van der Waals surface area (Å²) in [5, 5.41) is 11.6. The molecule has 9 nitrogen and oxygen atoms in total. The maximum atomic E-state index is 13.1. The number of esters is 1. The highest BCUT2D eigenvalue weighted by molar-refractivity contribution is 7.92. The van der Waals surface area contributed by atoms with E-state index in [0.29, 0.717) is 5.92 Å². The average molecular weight is 480 g/mol. The van der Waals surface area contributed by atoms with Crippen LogP contribution in [0.15, 0.2) is 34.4 Å². The van der Waals surface area contributed by atoms with E-state index in [1.807, 2.05) is 0 Å². The number of piperidine rings is 1. The molecule has 1 saturated heterocycles. The normalized spacial score (nSPS) is 19.5. The Morgan fingerprint density at radius 3 is 2.67 bits per heavy atom. The van der Waals surface area contributed by atoms with E-state index in [9.17, 15) is 23.1 Å². The Kier molecular flexibility index (Phi) is 7.69. The maximum Gasteiger partial charge on any atom is 0.337 e. The van der Waals surface area contributed by atoms with Gasteiger partial charge in [-0.3, -0.25) is 4.79 Å². The van der Waals surface area contributed by atoms with E-state index < -0.39 is 27.0 Å². The maximum absolute atomic E-state index is 13.1. The first kappa shape index (κ1) is 25.0. The largest absolute Gasteiger partial charge is 0.466 e. The molecule has 2 heterocycles. The van der Waals surface area contributed by atoms with Crippen LogP contribution in [-0.2, 0) is 24.2 Å².